The Morgan fingerprint density at radius 1 is 1.29 bits per heavy atom. The van der Waals surface area contributed by atoms with Crippen LogP contribution in [0.25, 0.3) is 0 Å². The van der Waals surface area contributed by atoms with Crippen LogP contribution in [-0.2, 0) is 20.5 Å². The number of ether oxygens (including phenoxy) is 2. The average Bonchev–Trinajstić information content (AvgIpc) is 2.55. The highest BCUT2D eigenvalue weighted by molar-refractivity contribution is 7.88. The molecule has 1 saturated heterocycles. The molecule has 138 valence electrons. The van der Waals surface area contributed by atoms with Gasteiger partial charge in [-0.1, -0.05) is 12.1 Å². The van der Waals surface area contributed by atoms with Gasteiger partial charge >= 0.3 is 0 Å². The molecule has 1 fully saturated rings. The Labute approximate surface area is 150 Å². The second-order valence-corrected chi connectivity index (χ2v) is 7.69. The van der Waals surface area contributed by atoms with Crippen molar-refractivity contribution in [2.24, 2.45) is 5.73 Å². The molecule has 1 aliphatic heterocycles. The molecular weight excluding hydrogens is 352 g/mol. The molecule has 8 heteroatoms. The fraction of sp³-hybridized carbons (Fsp3) is 0.625. The summed E-state index contributed by atoms with van der Waals surface area (Å²) in [5.41, 5.74) is 6.18. The second-order valence-electron chi connectivity index (χ2n) is 5.72. The van der Waals surface area contributed by atoms with Crippen molar-refractivity contribution >= 4 is 22.4 Å². The van der Waals surface area contributed by atoms with Crippen LogP contribution in [0.3, 0.4) is 0 Å². The zero-order valence-corrected chi connectivity index (χ0v) is 15.7. The monoisotopic (exact) mass is 378 g/mol. The molecule has 6 nitrogen and oxygen atoms in total. The molecular formula is C16H27ClN2O4S. The minimum absolute atomic E-state index is 0. The third-order valence-corrected chi connectivity index (χ3v) is 5.83. The molecule has 0 radical (unpaired) electrons. The Hall–Kier alpha value is -0.860. The average molecular weight is 379 g/mol. The van der Waals surface area contributed by atoms with E-state index >= 15 is 0 Å². The van der Waals surface area contributed by atoms with Crippen molar-refractivity contribution in [2.75, 3.05) is 33.4 Å². The molecule has 0 unspecified atom stereocenters. The van der Waals surface area contributed by atoms with Crippen molar-refractivity contribution in [2.45, 2.75) is 31.1 Å². The summed E-state index contributed by atoms with van der Waals surface area (Å²) in [6, 6.07) is 7.18. The molecule has 0 spiro atoms. The molecule has 1 heterocycles. The normalized spacial score (nSPS) is 16.6. The van der Waals surface area contributed by atoms with Crippen LogP contribution < -0.4 is 10.5 Å². The van der Waals surface area contributed by atoms with Crippen molar-refractivity contribution in [1.82, 2.24) is 4.31 Å². The predicted molar refractivity (Wildman–Crippen MR) is 97.1 cm³/mol. The van der Waals surface area contributed by atoms with Crippen molar-refractivity contribution in [3.8, 4) is 5.75 Å². The van der Waals surface area contributed by atoms with E-state index < -0.39 is 10.0 Å². The van der Waals surface area contributed by atoms with E-state index in [1.165, 1.54) is 0 Å². The van der Waals surface area contributed by atoms with Gasteiger partial charge in [-0.3, -0.25) is 0 Å². The molecule has 1 aromatic carbocycles. The molecule has 0 bridgehead atoms. The fourth-order valence-electron chi connectivity index (χ4n) is 2.67. The Balaban J connectivity index is 0.00000288. The lowest BCUT2D eigenvalue weighted by Crippen LogP contribution is -2.41. The van der Waals surface area contributed by atoms with Crippen LogP contribution in [-0.4, -0.2) is 52.2 Å². The summed E-state index contributed by atoms with van der Waals surface area (Å²) in [7, 11) is -1.74. The molecule has 2 N–H and O–H groups in total. The van der Waals surface area contributed by atoms with Gasteiger partial charge in [-0.15, -0.1) is 12.4 Å². The van der Waals surface area contributed by atoms with E-state index in [0.29, 0.717) is 32.0 Å². The van der Waals surface area contributed by atoms with Gasteiger partial charge in [0.25, 0.3) is 0 Å². The first-order valence-corrected chi connectivity index (χ1v) is 9.58. The van der Waals surface area contributed by atoms with Gasteiger partial charge < -0.3 is 15.2 Å². The molecule has 1 aromatic rings. The SMILES string of the molecule is COc1cccc(CS(=O)(=O)N2CCC(OCCCN)CC2)c1.Cl. The smallest absolute Gasteiger partial charge is 0.218 e. The number of sulfonamides is 1. The predicted octanol–water partition coefficient (Wildman–Crippen LogP) is 1.78. The van der Waals surface area contributed by atoms with Crippen molar-refractivity contribution in [3.05, 3.63) is 29.8 Å². The third-order valence-electron chi connectivity index (χ3n) is 3.98. The maximum atomic E-state index is 12.5. The van der Waals surface area contributed by atoms with Crippen LogP contribution in [0.5, 0.6) is 5.75 Å². The number of hydrogen-bond donors (Lipinski definition) is 1. The summed E-state index contributed by atoms with van der Waals surface area (Å²) in [4.78, 5) is 0. The van der Waals surface area contributed by atoms with Gasteiger partial charge in [0, 0.05) is 19.7 Å². The van der Waals surface area contributed by atoms with Gasteiger partial charge in [0.2, 0.25) is 10.0 Å². The van der Waals surface area contributed by atoms with Gasteiger partial charge in [0.05, 0.1) is 19.0 Å². The number of halogens is 1. The molecule has 0 saturated carbocycles. The lowest BCUT2D eigenvalue weighted by atomic mass is 10.1. The Morgan fingerprint density at radius 2 is 2.00 bits per heavy atom. The topological polar surface area (TPSA) is 81.9 Å². The van der Waals surface area contributed by atoms with E-state index in [1.54, 1.807) is 29.6 Å². The summed E-state index contributed by atoms with van der Waals surface area (Å²) in [6.07, 6.45) is 2.46. The van der Waals surface area contributed by atoms with E-state index in [4.69, 9.17) is 15.2 Å². The van der Waals surface area contributed by atoms with Crippen LogP contribution in [0, 0.1) is 0 Å². The van der Waals surface area contributed by atoms with E-state index in [9.17, 15) is 8.42 Å². The van der Waals surface area contributed by atoms with Gasteiger partial charge in [0.1, 0.15) is 5.75 Å². The number of hydrogen-bond acceptors (Lipinski definition) is 5. The quantitative estimate of drug-likeness (QED) is 0.697. The first kappa shape index (κ1) is 21.2. The van der Waals surface area contributed by atoms with E-state index in [2.05, 4.69) is 0 Å². The molecule has 0 atom stereocenters. The van der Waals surface area contributed by atoms with Gasteiger partial charge in [-0.25, -0.2) is 12.7 Å². The number of nitrogens with two attached hydrogens (primary N) is 1. The summed E-state index contributed by atoms with van der Waals surface area (Å²) in [5.74, 6) is 0.674. The first-order valence-electron chi connectivity index (χ1n) is 7.97. The van der Waals surface area contributed by atoms with Crippen LogP contribution in [0.15, 0.2) is 24.3 Å². The first-order chi connectivity index (χ1) is 11.0. The number of benzene rings is 1. The lowest BCUT2D eigenvalue weighted by Gasteiger charge is -2.31. The number of methoxy groups -OCH3 is 1. The molecule has 24 heavy (non-hydrogen) atoms. The Kier molecular flexibility index (Phi) is 9.01. The third kappa shape index (κ3) is 6.22. The van der Waals surface area contributed by atoms with E-state index in [1.807, 2.05) is 6.07 Å². The maximum Gasteiger partial charge on any atom is 0.218 e. The summed E-state index contributed by atoms with van der Waals surface area (Å²) in [5, 5.41) is 0. The standard InChI is InChI=1S/C16H26N2O4S.ClH/c1-21-16-5-2-4-14(12-16)13-23(19,20)18-9-6-15(7-10-18)22-11-3-8-17;/h2,4-5,12,15H,3,6-11,13,17H2,1H3;1H. The number of piperidine rings is 1. The highest BCUT2D eigenvalue weighted by atomic mass is 35.5. The molecule has 0 aliphatic carbocycles. The molecule has 2 rings (SSSR count). The highest BCUT2D eigenvalue weighted by Crippen LogP contribution is 2.21. The zero-order chi connectivity index (χ0) is 16.7. The maximum absolute atomic E-state index is 12.5. The van der Waals surface area contributed by atoms with Gasteiger partial charge in [0.15, 0.2) is 0 Å². The highest BCUT2D eigenvalue weighted by Gasteiger charge is 2.28. The summed E-state index contributed by atoms with van der Waals surface area (Å²) >= 11 is 0. The van der Waals surface area contributed by atoms with Crippen molar-refractivity contribution in [1.29, 1.82) is 0 Å². The van der Waals surface area contributed by atoms with Crippen LogP contribution in [0.4, 0.5) is 0 Å². The lowest BCUT2D eigenvalue weighted by molar-refractivity contribution is 0.0208. The zero-order valence-electron chi connectivity index (χ0n) is 14.0. The fourth-order valence-corrected chi connectivity index (χ4v) is 4.22. The van der Waals surface area contributed by atoms with E-state index in [0.717, 1.165) is 24.8 Å². The van der Waals surface area contributed by atoms with Crippen LogP contribution in [0.2, 0.25) is 0 Å². The summed E-state index contributed by atoms with van der Waals surface area (Å²) in [6.45, 7) is 2.30. The van der Waals surface area contributed by atoms with Gasteiger partial charge in [-0.2, -0.15) is 0 Å². The number of nitrogens with zero attached hydrogens (tertiary/aromatic N) is 1. The second kappa shape index (κ2) is 10.2. The molecule has 0 amide bonds. The van der Waals surface area contributed by atoms with Crippen molar-refractivity contribution in [3.63, 3.8) is 0 Å². The van der Waals surface area contributed by atoms with Crippen molar-refractivity contribution < 1.29 is 17.9 Å². The molecule has 1 aliphatic rings. The molecule has 0 aromatic heterocycles. The summed E-state index contributed by atoms with van der Waals surface area (Å²) < 4.78 is 37.5. The van der Waals surface area contributed by atoms with Crippen LogP contribution >= 0.6 is 12.4 Å². The van der Waals surface area contributed by atoms with Crippen LogP contribution in [0.1, 0.15) is 24.8 Å². The largest absolute Gasteiger partial charge is 0.497 e. The Morgan fingerprint density at radius 3 is 2.62 bits per heavy atom. The minimum atomic E-state index is -3.31. The Bertz CT molecular complexity index is 589. The van der Waals surface area contributed by atoms with E-state index in [-0.39, 0.29) is 24.3 Å². The number of rotatable bonds is 8. The van der Waals surface area contributed by atoms with Gasteiger partial charge in [-0.05, 0) is 43.5 Å². The minimum Gasteiger partial charge on any atom is -0.497 e.